The summed E-state index contributed by atoms with van der Waals surface area (Å²) < 4.78 is 0.956. The first-order valence-corrected chi connectivity index (χ1v) is 11.6. The molecule has 2 aromatic carbocycles. The molecular weight excluding hydrogens is 537 g/mol. The van der Waals surface area contributed by atoms with E-state index in [9.17, 15) is 19.2 Å². The Kier molecular flexibility index (Phi) is 8.64. The lowest BCUT2D eigenvalue weighted by Crippen LogP contribution is -2.51. The number of hydrogen-bond acceptors (Lipinski definition) is 5. The number of carbonyl (C=O) groups is 4. The number of rotatable bonds is 9. The third-order valence-corrected chi connectivity index (χ3v) is 6.25. The summed E-state index contributed by atoms with van der Waals surface area (Å²) in [6.45, 7) is 3.11. The number of para-hydroxylation sites is 1. The lowest BCUT2D eigenvalue weighted by Gasteiger charge is -2.30. The smallest absolute Gasteiger partial charge is 0.319 e. The maximum atomic E-state index is 12.1. The van der Waals surface area contributed by atoms with Crippen molar-refractivity contribution in [1.82, 2.24) is 15.5 Å². The highest BCUT2D eigenvalue weighted by Gasteiger charge is 2.31. The van der Waals surface area contributed by atoms with Crippen LogP contribution in [0.25, 0.3) is 0 Å². The molecule has 1 aliphatic rings. The van der Waals surface area contributed by atoms with Crippen molar-refractivity contribution < 1.29 is 19.2 Å². The van der Waals surface area contributed by atoms with Gasteiger partial charge in [-0.25, -0.2) is 4.79 Å². The number of nitrogens with zero attached hydrogens (tertiary/aromatic N) is 1. The van der Waals surface area contributed by atoms with Gasteiger partial charge in [0.25, 0.3) is 0 Å². The molecule has 1 aliphatic heterocycles. The van der Waals surface area contributed by atoms with Crippen LogP contribution in [0.1, 0.15) is 24.0 Å². The Morgan fingerprint density at radius 3 is 2.73 bits per heavy atom. The summed E-state index contributed by atoms with van der Waals surface area (Å²) in [5.41, 5.74) is 3.46. The van der Waals surface area contributed by atoms with Crippen LogP contribution >= 0.6 is 22.6 Å². The van der Waals surface area contributed by atoms with Gasteiger partial charge in [-0.3, -0.25) is 19.7 Å². The molecule has 3 rings (SSSR count). The molecule has 0 aliphatic carbocycles. The number of benzene rings is 2. The zero-order chi connectivity index (χ0) is 23.8. The Hall–Kier alpha value is -3.15. The third kappa shape index (κ3) is 6.91. The van der Waals surface area contributed by atoms with Crippen LogP contribution < -0.4 is 21.3 Å². The molecule has 9 nitrogen and oxygen atoms in total. The second-order valence-corrected chi connectivity index (χ2v) is 8.84. The highest BCUT2D eigenvalue weighted by atomic mass is 127. The summed E-state index contributed by atoms with van der Waals surface area (Å²) in [5, 5.41) is 11.2. The van der Waals surface area contributed by atoms with E-state index in [1.165, 1.54) is 4.90 Å². The Bertz CT molecular complexity index is 1050. The van der Waals surface area contributed by atoms with Crippen molar-refractivity contribution in [3.05, 3.63) is 57.2 Å². The van der Waals surface area contributed by atoms with Gasteiger partial charge >= 0.3 is 6.03 Å². The molecule has 33 heavy (non-hydrogen) atoms. The van der Waals surface area contributed by atoms with Crippen molar-refractivity contribution in [1.29, 1.82) is 0 Å². The summed E-state index contributed by atoms with van der Waals surface area (Å²) in [5.74, 6) is -0.759. The molecular formula is C23H26IN5O4. The van der Waals surface area contributed by atoms with Gasteiger partial charge in [0, 0.05) is 35.3 Å². The lowest BCUT2D eigenvalue weighted by molar-refractivity contribution is -0.141. The van der Waals surface area contributed by atoms with Gasteiger partial charge in [0.1, 0.15) is 6.04 Å². The van der Waals surface area contributed by atoms with Gasteiger partial charge < -0.3 is 20.9 Å². The van der Waals surface area contributed by atoms with Gasteiger partial charge in [0.15, 0.2) is 0 Å². The minimum Gasteiger partial charge on any atom is -0.383 e. The van der Waals surface area contributed by atoms with Gasteiger partial charge in [-0.1, -0.05) is 18.2 Å². The first-order chi connectivity index (χ1) is 15.9. The maximum absolute atomic E-state index is 12.1. The van der Waals surface area contributed by atoms with Gasteiger partial charge in [0.2, 0.25) is 18.2 Å². The Morgan fingerprint density at radius 1 is 1.21 bits per heavy atom. The van der Waals surface area contributed by atoms with Crippen LogP contribution in [0.3, 0.4) is 0 Å². The molecule has 0 saturated carbocycles. The zero-order valence-electron chi connectivity index (χ0n) is 18.2. The fourth-order valence-electron chi connectivity index (χ4n) is 3.48. The lowest BCUT2D eigenvalue weighted by atomic mass is 10.0. The predicted octanol–water partition coefficient (Wildman–Crippen LogP) is 2.60. The fraction of sp³-hybridized carbons (Fsp3) is 0.304. The number of imide groups is 1. The number of amides is 5. The third-order valence-electron chi connectivity index (χ3n) is 5.31. The van der Waals surface area contributed by atoms with Crippen LogP contribution in [0.15, 0.2) is 42.5 Å². The van der Waals surface area contributed by atoms with Gasteiger partial charge in [0.05, 0.1) is 5.69 Å². The highest BCUT2D eigenvalue weighted by Crippen LogP contribution is 2.20. The van der Waals surface area contributed by atoms with Crippen LogP contribution in [0.2, 0.25) is 0 Å². The van der Waals surface area contributed by atoms with Crippen LogP contribution in [0.4, 0.5) is 16.2 Å². The highest BCUT2D eigenvalue weighted by molar-refractivity contribution is 14.1. The number of piperidine rings is 1. The van der Waals surface area contributed by atoms with Crippen LogP contribution in [-0.2, 0) is 20.9 Å². The van der Waals surface area contributed by atoms with E-state index in [-0.39, 0.29) is 24.9 Å². The molecule has 174 valence electrons. The molecule has 0 aromatic heterocycles. The van der Waals surface area contributed by atoms with E-state index >= 15 is 0 Å². The van der Waals surface area contributed by atoms with Crippen molar-refractivity contribution >= 4 is 58.2 Å². The SMILES string of the molecule is Cc1ccc(NCCNC(=O)Nc2ccccc2I)cc1CN(C=O)C1CCC(=O)NC1=O. The molecule has 1 atom stereocenters. The monoisotopic (exact) mass is 563 g/mol. The quantitative estimate of drug-likeness (QED) is 0.162. The largest absolute Gasteiger partial charge is 0.383 e. The molecule has 0 radical (unpaired) electrons. The summed E-state index contributed by atoms with van der Waals surface area (Å²) in [6, 6.07) is 12.4. The number of halogens is 1. The van der Waals surface area contributed by atoms with E-state index in [1.54, 1.807) is 0 Å². The molecule has 10 heteroatoms. The number of hydrogen-bond donors (Lipinski definition) is 4. The normalized spacial score (nSPS) is 15.4. The van der Waals surface area contributed by atoms with Crippen molar-refractivity contribution in [2.75, 3.05) is 23.7 Å². The standard InChI is InChI=1S/C23H26IN5O4/c1-15-6-7-17(25-10-11-26-23(33)27-19-5-3-2-4-18(19)24)12-16(15)13-29(14-30)20-8-9-21(31)28-22(20)32/h2-7,12,14,20,25H,8-11,13H2,1H3,(H2,26,27,33)(H,28,31,32). The van der Waals surface area contributed by atoms with E-state index in [0.29, 0.717) is 25.9 Å². The molecule has 0 bridgehead atoms. The topological polar surface area (TPSA) is 120 Å². The van der Waals surface area contributed by atoms with Crippen LogP contribution in [0, 0.1) is 10.5 Å². The van der Waals surface area contributed by atoms with E-state index < -0.39 is 11.9 Å². The number of aryl methyl sites for hydroxylation is 1. The van der Waals surface area contributed by atoms with Crippen molar-refractivity contribution in [3.63, 3.8) is 0 Å². The first-order valence-electron chi connectivity index (χ1n) is 10.5. The number of anilines is 2. The molecule has 1 saturated heterocycles. The van der Waals surface area contributed by atoms with Crippen LogP contribution in [-0.4, -0.2) is 48.3 Å². The average molecular weight is 563 g/mol. The van der Waals surface area contributed by atoms with Crippen LogP contribution in [0.5, 0.6) is 0 Å². The zero-order valence-corrected chi connectivity index (χ0v) is 20.3. The minimum atomic E-state index is -0.661. The molecule has 2 aromatic rings. The summed E-state index contributed by atoms with van der Waals surface area (Å²) >= 11 is 2.16. The van der Waals surface area contributed by atoms with Gasteiger partial charge in [-0.15, -0.1) is 0 Å². The first kappa shape index (κ1) is 24.5. The fourth-order valence-corrected chi connectivity index (χ4v) is 4.00. The second kappa shape index (κ2) is 11.6. The molecule has 1 heterocycles. The van der Waals surface area contributed by atoms with E-state index in [0.717, 1.165) is 26.1 Å². The van der Waals surface area contributed by atoms with E-state index in [4.69, 9.17) is 0 Å². The summed E-state index contributed by atoms with van der Waals surface area (Å²) in [4.78, 5) is 48.7. The Labute approximate surface area is 205 Å². The number of urea groups is 1. The molecule has 1 fully saturated rings. The molecule has 1 unspecified atom stereocenters. The van der Waals surface area contributed by atoms with E-state index in [2.05, 4.69) is 43.9 Å². The molecule has 4 N–H and O–H groups in total. The molecule has 5 amide bonds. The van der Waals surface area contributed by atoms with Crippen molar-refractivity contribution in [2.24, 2.45) is 0 Å². The predicted molar refractivity (Wildman–Crippen MR) is 134 cm³/mol. The molecule has 0 spiro atoms. The van der Waals surface area contributed by atoms with Gasteiger partial charge in [-0.05, 0) is 71.3 Å². The maximum Gasteiger partial charge on any atom is 0.319 e. The Morgan fingerprint density at radius 2 is 2.00 bits per heavy atom. The minimum absolute atomic E-state index is 0.214. The summed E-state index contributed by atoms with van der Waals surface area (Å²) in [7, 11) is 0. The number of carbonyl (C=O) groups excluding carboxylic acids is 4. The number of nitrogens with one attached hydrogen (secondary N) is 4. The van der Waals surface area contributed by atoms with Gasteiger partial charge in [-0.2, -0.15) is 0 Å². The average Bonchev–Trinajstić information content (AvgIpc) is 2.79. The van der Waals surface area contributed by atoms with Crippen molar-refractivity contribution in [3.8, 4) is 0 Å². The second-order valence-electron chi connectivity index (χ2n) is 7.67. The summed E-state index contributed by atoms with van der Waals surface area (Å²) in [6.07, 6.45) is 1.18. The Balaban J connectivity index is 1.51. The van der Waals surface area contributed by atoms with E-state index in [1.807, 2.05) is 49.4 Å². The van der Waals surface area contributed by atoms with Crippen molar-refractivity contribution in [2.45, 2.75) is 32.4 Å².